The molecule has 4 heterocycles. The van der Waals surface area contributed by atoms with E-state index in [1.807, 2.05) is 42.2 Å². The van der Waals surface area contributed by atoms with Gasteiger partial charge in [0.05, 0.1) is 0 Å². The fourth-order valence-corrected chi connectivity index (χ4v) is 4.41. The van der Waals surface area contributed by atoms with Gasteiger partial charge in [0.2, 0.25) is 11.9 Å². The van der Waals surface area contributed by atoms with Crippen molar-refractivity contribution in [1.82, 2.24) is 29.8 Å². The molecule has 1 aliphatic rings. The average Bonchev–Trinajstić information content (AvgIpc) is 3.43. The van der Waals surface area contributed by atoms with Gasteiger partial charge in [-0.1, -0.05) is 37.3 Å². The maximum atomic E-state index is 13.5. The van der Waals surface area contributed by atoms with E-state index in [0.717, 1.165) is 10.1 Å². The lowest BCUT2D eigenvalue weighted by Gasteiger charge is -2.49. The maximum absolute atomic E-state index is 13.5. The Balaban J connectivity index is 1.48. The Kier molecular flexibility index (Phi) is 5.68. The molecule has 196 valence electrons. The van der Waals surface area contributed by atoms with Crippen LogP contribution in [0.3, 0.4) is 0 Å². The Morgan fingerprint density at radius 2 is 1.68 bits per heavy atom. The summed E-state index contributed by atoms with van der Waals surface area (Å²) in [6.07, 6.45) is -9.71. The number of nitrogens with zero attached hydrogens (tertiary/aromatic N) is 6. The summed E-state index contributed by atoms with van der Waals surface area (Å²) in [6.45, 7) is 3.11. The second kappa shape index (κ2) is 8.52. The fourth-order valence-electron chi connectivity index (χ4n) is 4.41. The molecule has 0 saturated carbocycles. The number of H-pyrrole nitrogens is 1. The van der Waals surface area contributed by atoms with Gasteiger partial charge in [-0.2, -0.15) is 40.9 Å². The van der Waals surface area contributed by atoms with Crippen molar-refractivity contribution in [1.29, 1.82) is 0 Å². The topological polar surface area (TPSA) is 113 Å². The van der Waals surface area contributed by atoms with Crippen LogP contribution in [0.25, 0.3) is 5.65 Å². The molecule has 1 atom stereocenters. The first-order valence-electron chi connectivity index (χ1n) is 11.1. The monoisotopic (exact) mass is 525 g/mol. The smallest absolute Gasteiger partial charge is 0.369 e. The molecule has 9 nitrogen and oxygen atoms in total. The van der Waals surface area contributed by atoms with Crippen molar-refractivity contribution in [3.8, 4) is 0 Å². The van der Waals surface area contributed by atoms with Crippen molar-refractivity contribution in [2.24, 2.45) is 5.92 Å². The molecular formula is C22H21F6N9. The lowest BCUT2D eigenvalue weighted by molar-refractivity contribution is -0.142. The van der Waals surface area contributed by atoms with E-state index in [9.17, 15) is 26.3 Å². The second-order valence-electron chi connectivity index (χ2n) is 9.08. The number of fused-ring (bicyclic) bond motifs is 1. The van der Waals surface area contributed by atoms with Crippen molar-refractivity contribution in [2.45, 2.75) is 24.7 Å². The number of halogens is 6. The van der Waals surface area contributed by atoms with Gasteiger partial charge < -0.3 is 16.0 Å². The molecule has 1 aliphatic heterocycles. The van der Waals surface area contributed by atoms with Crippen LogP contribution in [0.4, 0.5) is 44.1 Å². The van der Waals surface area contributed by atoms with Crippen molar-refractivity contribution in [3.63, 3.8) is 0 Å². The Morgan fingerprint density at radius 1 is 1.00 bits per heavy atom. The second-order valence-corrected chi connectivity index (χ2v) is 9.08. The first kappa shape index (κ1) is 24.6. The Morgan fingerprint density at radius 3 is 2.27 bits per heavy atom. The summed E-state index contributed by atoms with van der Waals surface area (Å²) in [5, 5.41) is 13.0. The first-order valence-corrected chi connectivity index (χ1v) is 11.1. The number of rotatable bonds is 6. The van der Waals surface area contributed by atoms with Crippen molar-refractivity contribution in [3.05, 3.63) is 59.4 Å². The van der Waals surface area contributed by atoms with Gasteiger partial charge in [0.1, 0.15) is 5.82 Å². The van der Waals surface area contributed by atoms with Crippen LogP contribution in [0.5, 0.6) is 0 Å². The molecule has 0 bridgehead atoms. The Bertz CT molecular complexity index is 1410. The molecule has 37 heavy (non-hydrogen) atoms. The molecule has 3 aromatic heterocycles. The van der Waals surface area contributed by atoms with E-state index in [0.29, 0.717) is 31.2 Å². The van der Waals surface area contributed by atoms with Crippen LogP contribution >= 0.6 is 0 Å². The van der Waals surface area contributed by atoms with Crippen LogP contribution in [0.1, 0.15) is 23.9 Å². The van der Waals surface area contributed by atoms with E-state index >= 15 is 0 Å². The van der Waals surface area contributed by atoms with Crippen molar-refractivity contribution in [2.75, 3.05) is 35.6 Å². The van der Waals surface area contributed by atoms with E-state index in [-0.39, 0.29) is 24.2 Å². The van der Waals surface area contributed by atoms with Crippen LogP contribution in [-0.2, 0) is 17.8 Å². The summed E-state index contributed by atoms with van der Waals surface area (Å²) in [5.74, 6) is 0.349. The highest BCUT2D eigenvalue weighted by Gasteiger charge is 2.44. The number of nitrogen functional groups attached to an aromatic ring is 1. The molecule has 1 fully saturated rings. The van der Waals surface area contributed by atoms with E-state index in [4.69, 9.17) is 5.73 Å². The minimum absolute atomic E-state index is 0.00453. The van der Waals surface area contributed by atoms with Crippen LogP contribution in [-0.4, -0.2) is 49.4 Å². The molecule has 15 heteroatoms. The van der Waals surface area contributed by atoms with Crippen LogP contribution in [0, 0.1) is 5.92 Å². The third-order valence-electron chi connectivity index (χ3n) is 6.63. The predicted octanol–water partition coefficient (Wildman–Crippen LogP) is 3.97. The standard InChI is InChI=1S/C22H21F6N9/c1-20(12-5-3-2-4-6-12,13-9-36(10-13)19-32-18(29)33-34-19)11-30-16-7-14(21(23,24)25)31-17-8-15(22(26,27)28)35-37(16)17/h2-8,13,30H,9-11H2,1H3,(H3,29,32,33,34). The summed E-state index contributed by atoms with van der Waals surface area (Å²) in [4.78, 5) is 9.36. The molecule has 0 aliphatic carbocycles. The molecule has 1 aromatic carbocycles. The number of benzene rings is 1. The lowest BCUT2D eigenvalue weighted by Crippen LogP contribution is -2.58. The minimum Gasteiger partial charge on any atom is -0.369 e. The third kappa shape index (κ3) is 4.60. The zero-order chi connectivity index (χ0) is 26.6. The van der Waals surface area contributed by atoms with Crippen molar-refractivity contribution < 1.29 is 26.3 Å². The summed E-state index contributed by atoms with van der Waals surface area (Å²) in [5.41, 5.74) is 2.65. The molecule has 1 unspecified atom stereocenters. The molecule has 1 saturated heterocycles. The molecule has 5 rings (SSSR count). The molecular weight excluding hydrogens is 504 g/mol. The van der Waals surface area contributed by atoms with Gasteiger partial charge in [-0.3, -0.25) is 0 Å². The number of anilines is 3. The summed E-state index contributed by atoms with van der Waals surface area (Å²) in [6, 6.07) is 10.5. The lowest BCUT2D eigenvalue weighted by atomic mass is 9.68. The fraction of sp³-hybridized carbons (Fsp3) is 0.364. The van der Waals surface area contributed by atoms with Gasteiger partial charge in [0.25, 0.3) is 0 Å². The van der Waals surface area contributed by atoms with Gasteiger partial charge in [0, 0.05) is 43.1 Å². The van der Waals surface area contributed by atoms with Gasteiger partial charge in [-0.05, 0) is 5.56 Å². The normalized spacial score (nSPS) is 16.6. The number of hydrogen-bond acceptors (Lipinski definition) is 7. The van der Waals surface area contributed by atoms with E-state index < -0.39 is 34.8 Å². The van der Waals surface area contributed by atoms with Gasteiger partial charge in [-0.15, -0.1) is 5.10 Å². The zero-order valence-corrected chi connectivity index (χ0v) is 19.3. The highest BCUT2D eigenvalue weighted by Crippen LogP contribution is 2.40. The largest absolute Gasteiger partial charge is 0.435 e. The third-order valence-corrected chi connectivity index (χ3v) is 6.63. The summed E-state index contributed by atoms with van der Waals surface area (Å²) < 4.78 is 81.0. The summed E-state index contributed by atoms with van der Waals surface area (Å²) >= 11 is 0. The van der Waals surface area contributed by atoms with Crippen molar-refractivity contribution >= 4 is 23.4 Å². The molecule has 4 aromatic rings. The predicted molar refractivity (Wildman–Crippen MR) is 122 cm³/mol. The van der Waals surface area contributed by atoms with Gasteiger partial charge in [-0.25, -0.2) is 10.1 Å². The number of aromatic nitrogens is 6. The SMILES string of the molecule is CC(CNc1cc(C(F)(F)F)nc2cc(C(F)(F)F)nn12)(c1ccccc1)C1CN(c2n[nH]c(N)n2)C1. The minimum atomic E-state index is -4.86. The van der Waals surface area contributed by atoms with Gasteiger partial charge >= 0.3 is 12.4 Å². The van der Waals surface area contributed by atoms with Crippen LogP contribution in [0.2, 0.25) is 0 Å². The number of hydrogen-bond donors (Lipinski definition) is 3. The molecule has 0 spiro atoms. The highest BCUT2D eigenvalue weighted by molar-refractivity contribution is 5.52. The zero-order valence-electron chi connectivity index (χ0n) is 19.3. The quantitative estimate of drug-likeness (QED) is 0.327. The van der Waals surface area contributed by atoms with E-state index in [1.54, 1.807) is 0 Å². The van der Waals surface area contributed by atoms with Gasteiger partial charge in [0.15, 0.2) is 17.0 Å². The van der Waals surface area contributed by atoms with E-state index in [1.165, 1.54) is 0 Å². The maximum Gasteiger partial charge on any atom is 0.435 e. The molecule has 0 radical (unpaired) electrons. The number of nitrogens with two attached hydrogens (primary N) is 1. The van der Waals surface area contributed by atoms with Crippen LogP contribution in [0.15, 0.2) is 42.5 Å². The first-order chi connectivity index (χ1) is 17.3. The number of alkyl halides is 6. The van der Waals surface area contributed by atoms with Crippen LogP contribution < -0.4 is 16.0 Å². The average molecular weight is 525 g/mol. The molecule has 4 N–H and O–H groups in total. The number of nitrogens with one attached hydrogen (secondary N) is 2. The number of aromatic amines is 1. The summed E-state index contributed by atoms with van der Waals surface area (Å²) in [7, 11) is 0. The Labute approximate surface area is 205 Å². The Hall–Kier alpha value is -4.04. The highest BCUT2D eigenvalue weighted by atomic mass is 19.4. The molecule has 0 amide bonds. The van der Waals surface area contributed by atoms with E-state index in [2.05, 4.69) is 30.6 Å².